The molecule has 2 fully saturated rings. The molecule has 49 heavy (non-hydrogen) atoms. The van der Waals surface area contributed by atoms with Gasteiger partial charge in [-0.15, -0.1) is 0 Å². The Balaban J connectivity index is 1.38. The van der Waals surface area contributed by atoms with Crippen LogP contribution in [0, 0.1) is 5.92 Å². The number of nitrogens with zero attached hydrogens (tertiary/aromatic N) is 4. The van der Waals surface area contributed by atoms with E-state index in [1.165, 1.54) is 38.9 Å². The van der Waals surface area contributed by atoms with Gasteiger partial charge in [-0.05, 0) is 80.0 Å². The van der Waals surface area contributed by atoms with Crippen LogP contribution >= 0.6 is 0 Å². The molecule has 4 amide bonds. The zero-order valence-corrected chi connectivity index (χ0v) is 30.3. The van der Waals surface area contributed by atoms with Crippen LogP contribution in [0.25, 0.3) is 0 Å². The summed E-state index contributed by atoms with van der Waals surface area (Å²) < 4.78 is 33.9. The van der Waals surface area contributed by atoms with Crippen molar-refractivity contribution in [1.29, 1.82) is 0 Å². The average molecular weight is 695 g/mol. The number of carbonyl (C=O) groups is 3. The number of methoxy groups -OCH3 is 1. The van der Waals surface area contributed by atoms with E-state index in [4.69, 9.17) is 4.74 Å². The zero-order valence-electron chi connectivity index (χ0n) is 29.4. The summed E-state index contributed by atoms with van der Waals surface area (Å²) in [5, 5.41) is 3.35. The highest BCUT2D eigenvalue weighted by Gasteiger charge is 2.47. The molecule has 0 bridgehead atoms. The first kappa shape index (κ1) is 35.0. The highest BCUT2D eigenvalue weighted by Crippen LogP contribution is 2.56. The summed E-state index contributed by atoms with van der Waals surface area (Å²) in [6.07, 6.45) is 6.40. The predicted octanol–water partition coefficient (Wildman–Crippen LogP) is 4.03. The van der Waals surface area contributed by atoms with Gasteiger partial charge in [0.25, 0.3) is 5.91 Å². The van der Waals surface area contributed by atoms with Crippen molar-refractivity contribution in [2.45, 2.75) is 89.4 Å². The molecule has 0 aromatic heterocycles. The standard InChI is InChI=1S/C36H50N6O6S/c1-22-19-40(20-23(2)42(22)24(3)43)36(45)37-28-16-27-17-29(48-6)13-15-30(27)34-33(25-10-8-7-9-11-25)31-14-12-26(18-32(31)41(34)21-28)35(44)38-49(46,47)39(4)5/h12-15,17-18,22-23,25,28,33-34H,7-11,16,19-21H2,1-6H3,(H,37,45)(H,38,44)/t22-,23+,28?,33?,34?. The summed E-state index contributed by atoms with van der Waals surface area (Å²) in [7, 11) is 0.432. The number of fused-ring (bicyclic) bond motifs is 5. The van der Waals surface area contributed by atoms with Crippen molar-refractivity contribution in [1.82, 2.24) is 24.1 Å². The van der Waals surface area contributed by atoms with E-state index in [2.05, 4.69) is 27.1 Å². The Morgan fingerprint density at radius 2 is 1.59 bits per heavy atom. The van der Waals surface area contributed by atoms with Crippen LogP contribution in [-0.4, -0.2) is 99.3 Å². The number of ether oxygens (including phenoxy) is 1. The van der Waals surface area contributed by atoms with E-state index in [0.29, 0.717) is 32.0 Å². The van der Waals surface area contributed by atoms with Crippen LogP contribution in [0.2, 0.25) is 0 Å². The zero-order chi connectivity index (χ0) is 35.2. The normalized spacial score (nSPS) is 25.6. The monoisotopic (exact) mass is 694 g/mol. The predicted molar refractivity (Wildman–Crippen MR) is 188 cm³/mol. The minimum Gasteiger partial charge on any atom is -0.497 e. The molecule has 3 heterocycles. The van der Waals surface area contributed by atoms with Gasteiger partial charge >= 0.3 is 16.2 Å². The van der Waals surface area contributed by atoms with Gasteiger partial charge in [-0.1, -0.05) is 31.4 Å². The fraction of sp³-hybridized carbons (Fsp3) is 0.583. The third-order valence-corrected chi connectivity index (χ3v) is 12.4. The van der Waals surface area contributed by atoms with Crippen LogP contribution in [0.1, 0.15) is 91.9 Å². The minimum absolute atomic E-state index is 0.00741. The van der Waals surface area contributed by atoms with Crippen molar-refractivity contribution < 1.29 is 27.5 Å². The van der Waals surface area contributed by atoms with Crippen molar-refractivity contribution in [2.24, 2.45) is 5.92 Å². The maximum absolute atomic E-state index is 13.9. The van der Waals surface area contributed by atoms with Gasteiger partial charge in [0.2, 0.25) is 5.91 Å². The van der Waals surface area contributed by atoms with Gasteiger partial charge in [0.1, 0.15) is 5.75 Å². The number of piperazine rings is 1. The molecule has 1 saturated heterocycles. The van der Waals surface area contributed by atoms with Gasteiger partial charge in [-0.2, -0.15) is 12.7 Å². The van der Waals surface area contributed by atoms with Gasteiger partial charge in [0.05, 0.1) is 19.2 Å². The lowest BCUT2D eigenvalue weighted by Gasteiger charge is -2.44. The average Bonchev–Trinajstić information content (AvgIpc) is 3.27. The topological polar surface area (TPSA) is 132 Å². The molecule has 2 aromatic carbocycles. The van der Waals surface area contributed by atoms with Crippen LogP contribution in [0.5, 0.6) is 5.75 Å². The second-order valence-corrected chi connectivity index (χ2v) is 16.3. The second-order valence-electron chi connectivity index (χ2n) is 14.5. The molecule has 0 spiro atoms. The van der Waals surface area contributed by atoms with E-state index >= 15 is 0 Å². The molecule has 266 valence electrons. The summed E-state index contributed by atoms with van der Waals surface area (Å²) >= 11 is 0. The van der Waals surface area contributed by atoms with E-state index in [9.17, 15) is 22.8 Å². The highest BCUT2D eigenvalue weighted by molar-refractivity contribution is 7.87. The fourth-order valence-electron chi connectivity index (χ4n) is 8.79. The number of carbonyl (C=O) groups excluding carboxylic acids is 3. The number of urea groups is 1. The summed E-state index contributed by atoms with van der Waals surface area (Å²) in [6.45, 7) is 6.91. The van der Waals surface area contributed by atoms with Gasteiger partial charge in [-0.25, -0.2) is 9.52 Å². The van der Waals surface area contributed by atoms with Crippen molar-refractivity contribution in [2.75, 3.05) is 45.7 Å². The minimum atomic E-state index is -3.98. The molecule has 13 heteroatoms. The number of hydrogen-bond acceptors (Lipinski definition) is 7. The molecule has 5 atom stereocenters. The first-order chi connectivity index (χ1) is 23.3. The van der Waals surface area contributed by atoms with E-state index in [0.717, 1.165) is 39.7 Å². The summed E-state index contributed by atoms with van der Waals surface area (Å²) in [6, 6.07) is 11.1. The molecule has 3 unspecified atom stereocenters. The van der Waals surface area contributed by atoms with E-state index in [1.54, 1.807) is 25.0 Å². The van der Waals surface area contributed by atoms with E-state index < -0.39 is 16.1 Å². The Bertz CT molecular complexity index is 1700. The number of rotatable bonds is 6. The van der Waals surface area contributed by atoms with Crippen molar-refractivity contribution in [3.63, 3.8) is 0 Å². The largest absolute Gasteiger partial charge is 0.497 e. The van der Waals surface area contributed by atoms with Crippen molar-refractivity contribution in [3.05, 3.63) is 58.7 Å². The Morgan fingerprint density at radius 3 is 2.22 bits per heavy atom. The molecule has 3 aliphatic heterocycles. The number of benzene rings is 2. The van der Waals surface area contributed by atoms with E-state index in [-0.39, 0.29) is 47.6 Å². The van der Waals surface area contributed by atoms with E-state index in [1.807, 2.05) is 36.9 Å². The molecule has 2 N–H and O–H groups in total. The van der Waals surface area contributed by atoms with Gasteiger partial charge < -0.3 is 24.8 Å². The van der Waals surface area contributed by atoms with Crippen molar-refractivity contribution >= 4 is 33.7 Å². The van der Waals surface area contributed by atoms with Gasteiger partial charge in [0, 0.05) is 69.9 Å². The summed E-state index contributed by atoms with van der Waals surface area (Å²) in [4.78, 5) is 45.5. The molecular formula is C36H50N6O6S. The van der Waals surface area contributed by atoms with Crippen LogP contribution < -0.4 is 19.7 Å². The van der Waals surface area contributed by atoms with Crippen LogP contribution in [0.3, 0.4) is 0 Å². The third-order valence-electron chi connectivity index (χ3n) is 10.9. The van der Waals surface area contributed by atoms with Crippen LogP contribution in [-0.2, 0) is 21.4 Å². The van der Waals surface area contributed by atoms with Crippen molar-refractivity contribution in [3.8, 4) is 5.75 Å². The Morgan fingerprint density at radius 1 is 0.918 bits per heavy atom. The quantitative estimate of drug-likeness (QED) is 0.467. The number of nitrogens with one attached hydrogen (secondary N) is 2. The maximum Gasteiger partial charge on any atom is 0.317 e. The first-order valence-electron chi connectivity index (χ1n) is 17.4. The lowest BCUT2D eigenvalue weighted by atomic mass is 9.73. The SMILES string of the molecule is COc1ccc2c(c1)CC(NC(=O)N1C[C@@H](C)N(C(C)=O)[C@@H](C)C1)CN1c3cc(C(=O)NS(=O)(=O)N(C)C)ccc3C(C3CCCCC3)C21. The number of hydrogen-bond donors (Lipinski definition) is 2. The molecule has 0 radical (unpaired) electrons. The molecule has 2 aromatic rings. The Labute approximate surface area is 290 Å². The highest BCUT2D eigenvalue weighted by atomic mass is 32.2. The smallest absolute Gasteiger partial charge is 0.317 e. The molecule has 6 rings (SSSR count). The maximum atomic E-state index is 13.9. The molecule has 1 saturated carbocycles. The first-order valence-corrected chi connectivity index (χ1v) is 18.9. The van der Waals surface area contributed by atoms with Crippen LogP contribution in [0.4, 0.5) is 10.5 Å². The lowest BCUT2D eigenvalue weighted by molar-refractivity contribution is -0.135. The van der Waals surface area contributed by atoms with Gasteiger partial charge in [-0.3, -0.25) is 9.59 Å². The molecule has 4 aliphatic rings. The third kappa shape index (κ3) is 6.84. The second kappa shape index (κ2) is 13.8. The number of anilines is 1. The molecular weight excluding hydrogens is 644 g/mol. The molecule has 1 aliphatic carbocycles. The summed E-state index contributed by atoms with van der Waals surface area (Å²) in [5.41, 5.74) is 4.61. The Kier molecular flexibility index (Phi) is 9.87. The fourth-order valence-corrected chi connectivity index (χ4v) is 9.32. The Hall–Kier alpha value is -3.84. The van der Waals surface area contributed by atoms with Crippen LogP contribution in [0.15, 0.2) is 36.4 Å². The summed E-state index contributed by atoms with van der Waals surface area (Å²) in [5.74, 6) is 0.685. The lowest BCUT2D eigenvalue weighted by Crippen LogP contribution is -2.62. The molecule has 12 nitrogen and oxygen atoms in total. The number of amides is 4. The van der Waals surface area contributed by atoms with Gasteiger partial charge in [0.15, 0.2) is 0 Å².